The van der Waals surface area contributed by atoms with Gasteiger partial charge in [0.1, 0.15) is 17.9 Å². The highest BCUT2D eigenvalue weighted by molar-refractivity contribution is 5.93. The number of nitrogens with zero attached hydrogens (tertiary/aromatic N) is 7. The van der Waals surface area contributed by atoms with Crippen LogP contribution < -0.4 is 10.2 Å². The molecule has 5 rings (SSSR count). The molecule has 4 heterocycles. The first-order valence-electron chi connectivity index (χ1n) is 10.1. The van der Waals surface area contributed by atoms with Crippen LogP contribution in [0.4, 0.5) is 11.5 Å². The molecule has 0 unspecified atom stereocenters. The van der Waals surface area contributed by atoms with E-state index in [1.165, 1.54) is 25.7 Å². The third-order valence-electron chi connectivity index (χ3n) is 5.60. The summed E-state index contributed by atoms with van der Waals surface area (Å²) in [5.41, 5.74) is 2.53. The van der Waals surface area contributed by atoms with Crippen LogP contribution in [0.5, 0.6) is 0 Å². The van der Waals surface area contributed by atoms with Gasteiger partial charge in [0.15, 0.2) is 11.3 Å². The molecule has 30 heavy (non-hydrogen) atoms. The highest BCUT2D eigenvalue weighted by atomic mass is 16.2. The molecule has 0 atom stereocenters. The summed E-state index contributed by atoms with van der Waals surface area (Å²) in [6.07, 6.45) is 11.6. The van der Waals surface area contributed by atoms with Crippen molar-refractivity contribution in [3.8, 4) is 0 Å². The lowest BCUT2D eigenvalue weighted by Crippen LogP contribution is -2.29. The van der Waals surface area contributed by atoms with Crippen molar-refractivity contribution in [2.75, 3.05) is 17.3 Å². The summed E-state index contributed by atoms with van der Waals surface area (Å²) in [5, 5.41) is 8.05. The third kappa shape index (κ3) is 3.54. The number of amides is 1. The van der Waals surface area contributed by atoms with Gasteiger partial charge in [0.2, 0.25) is 5.91 Å². The summed E-state index contributed by atoms with van der Waals surface area (Å²) in [7, 11) is 2.06. The van der Waals surface area contributed by atoms with Crippen molar-refractivity contribution >= 4 is 39.6 Å². The molecular formula is C21H22N8O. The fourth-order valence-electron chi connectivity index (χ4n) is 3.97. The van der Waals surface area contributed by atoms with Gasteiger partial charge in [-0.2, -0.15) is 5.10 Å². The van der Waals surface area contributed by atoms with Crippen molar-refractivity contribution in [1.82, 2.24) is 29.7 Å². The van der Waals surface area contributed by atoms with Crippen LogP contribution in [0.1, 0.15) is 25.7 Å². The first kappa shape index (κ1) is 18.4. The molecule has 9 heteroatoms. The van der Waals surface area contributed by atoms with Gasteiger partial charge in [0.25, 0.3) is 0 Å². The molecule has 0 spiro atoms. The number of pyridine rings is 2. The van der Waals surface area contributed by atoms with Crippen LogP contribution in [0, 0.1) is 0 Å². The van der Waals surface area contributed by atoms with Crippen LogP contribution in [-0.2, 0) is 11.3 Å². The number of nitrogens with one attached hydrogen (secondary N) is 1. The zero-order valence-electron chi connectivity index (χ0n) is 16.7. The largest absolute Gasteiger partial charge is 0.355 e. The standard InChI is InChI=1S/C21H22N8O/c1-28(16-6-2-3-7-16)18-12-23-17-11-25-29(21(17)27-18)13-19(30)26-15-9-14-5-4-8-22-20(14)24-10-15/h4-5,8-12,16H,2-3,6-7,13H2,1H3,(H,26,30). The summed E-state index contributed by atoms with van der Waals surface area (Å²) in [4.78, 5) is 32.5. The van der Waals surface area contributed by atoms with E-state index in [1.54, 1.807) is 29.5 Å². The number of carbonyl (C=O) groups excluding carboxylic acids is 1. The third-order valence-corrected chi connectivity index (χ3v) is 5.60. The predicted molar refractivity (Wildman–Crippen MR) is 114 cm³/mol. The minimum Gasteiger partial charge on any atom is -0.355 e. The Labute approximate surface area is 173 Å². The molecule has 0 radical (unpaired) electrons. The van der Waals surface area contributed by atoms with Crippen LogP contribution in [0.3, 0.4) is 0 Å². The monoisotopic (exact) mass is 402 g/mol. The van der Waals surface area contributed by atoms with E-state index in [1.807, 2.05) is 18.2 Å². The van der Waals surface area contributed by atoms with Gasteiger partial charge < -0.3 is 10.2 Å². The molecule has 0 aromatic carbocycles. The maximum atomic E-state index is 12.6. The highest BCUT2D eigenvalue weighted by Gasteiger charge is 2.21. The Kier molecular flexibility index (Phi) is 4.70. The molecule has 9 nitrogen and oxygen atoms in total. The molecule has 0 aliphatic heterocycles. The SMILES string of the molecule is CN(c1cnc2cnn(CC(=O)Nc3cnc4ncccc4c3)c2n1)C1CCCC1. The number of hydrogen-bond acceptors (Lipinski definition) is 7. The second kappa shape index (κ2) is 7.66. The first-order valence-corrected chi connectivity index (χ1v) is 10.1. The molecule has 152 valence electrons. The van der Waals surface area contributed by atoms with Gasteiger partial charge in [-0.1, -0.05) is 12.8 Å². The zero-order valence-corrected chi connectivity index (χ0v) is 16.7. The second-order valence-electron chi connectivity index (χ2n) is 7.61. The van der Waals surface area contributed by atoms with Gasteiger partial charge in [0.05, 0.1) is 24.3 Å². The van der Waals surface area contributed by atoms with E-state index in [4.69, 9.17) is 4.98 Å². The van der Waals surface area contributed by atoms with E-state index in [0.29, 0.717) is 28.5 Å². The van der Waals surface area contributed by atoms with E-state index < -0.39 is 0 Å². The summed E-state index contributed by atoms with van der Waals surface area (Å²) in [6, 6.07) is 6.09. The molecule has 1 N–H and O–H groups in total. The van der Waals surface area contributed by atoms with E-state index in [-0.39, 0.29) is 12.5 Å². The van der Waals surface area contributed by atoms with Crippen molar-refractivity contribution in [3.05, 3.63) is 43.0 Å². The highest BCUT2D eigenvalue weighted by Crippen LogP contribution is 2.26. The smallest absolute Gasteiger partial charge is 0.246 e. The van der Waals surface area contributed by atoms with E-state index >= 15 is 0 Å². The van der Waals surface area contributed by atoms with Crippen LogP contribution in [0.2, 0.25) is 0 Å². The summed E-state index contributed by atoms with van der Waals surface area (Å²) in [5.74, 6) is 0.601. The summed E-state index contributed by atoms with van der Waals surface area (Å²) >= 11 is 0. The average molecular weight is 402 g/mol. The lowest BCUT2D eigenvalue weighted by atomic mass is 10.2. The number of anilines is 2. The van der Waals surface area contributed by atoms with E-state index in [2.05, 4.69) is 37.3 Å². The van der Waals surface area contributed by atoms with Crippen LogP contribution in [0.25, 0.3) is 22.2 Å². The van der Waals surface area contributed by atoms with Crippen LogP contribution in [0.15, 0.2) is 43.0 Å². The van der Waals surface area contributed by atoms with Crippen LogP contribution in [-0.4, -0.2) is 48.7 Å². The molecule has 1 saturated carbocycles. The van der Waals surface area contributed by atoms with Crippen molar-refractivity contribution in [2.24, 2.45) is 0 Å². The molecule has 1 aliphatic rings. The van der Waals surface area contributed by atoms with Crippen molar-refractivity contribution in [3.63, 3.8) is 0 Å². The lowest BCUT2D eigenvalue weighted by Gasteiger charge is -2.24. The number of rotatable bonds is 5. The van der Waals surface area contributed by atoms with E-state index in [9.17, 15) is 4.79 Å². The first-order chi connectivity index (χ1) is 14.7. The average Bonchev–Trinajstić information content (AvgIpc) is 3.43. The molecule has 0 bridgehead atoms. The fourth-order valence-corrected chi connectivity index (χ4v) is 3.97. The van der Waals surface area contributed by atoms with Gasteiger partial charge in [-0.15, -0.1) is 0 Å². The predicted octanol–water partition coefficient (Wildman–Crippen LogP) is 2.79. The Morgan fingerprint density at radius 3 is 2.93 bits per heavy atom. The Morgan fingerprint density at radius 2 is 2.07 bits per heavy atom. The van der Waals surface area contributed by atoms with Gasteiger partial charge in [-0.3, -0.25) is 4.79 Å². The number of aromatic nitrogens is 6. The quantitative estimate of drug-likeness (QED) is 0.548. The van der Waals surface area contributed by atoms with Crippen molar-refractivity contribution in [2.45, 2.75) is 38.3 Å². The topological polar surface area (TPSA) is 102 Å². The normalized spacial score (nSPS) is 14.4. The maximum Gasteiger partial charge on any atom is 0.246 e. The Balaban J connectivity index is 1.34. The van der Waals surface area contributed by atoms with Gasteiger partial charge in [-0.25, -0.2) is 24.6 Å². The Bertz CT molecular complexity index is 1210. The molecule has 4 aromatic heterocycles. The zero-order chi connectivity index (χ0) is 20.5. The second-order valence-corrected chi connectivity index (χ2v) is 7.61. The molecule has 1 aliphatic carbocycles. The molecular weight excluding hydrogens is 380 g/mol. The van der Waals surface area contributed by atoms with Crippen molar-refractivity contribution < 1.29 is 4.79 Å². The van der Waals surface area contributed by atoms with Gasteiger partial charge in [0, 0.05) is 24.7 Å². The molecule has 0 saturated heterocycles. The lowest BCUT2D eigenvalue weighted by molar-refractivity contribution is -0.116. The van der Waals surface area contributed by atoms with Crippen LogP contribution >= 0.6 is 0 Å². The minimum absolute atomic E-state index is 0.0415. The van der Waals surface area contributed by atoms with Crippen molar-refractivity contribution in [1.29, 1.82) is 0 Å². The maximum absolute atomic E-state index is 12.6. The molecule has 4 aromatic rings. The number of hydrogen-bond donors (Lipinski definition) is 1. The fraction of sp³-hybridized carbons (Fsp3) is 0.333. The number of carbonyl (C=O) groups is 1. The van der Waals surface area contributed by atoms with E-state index in [0.717, 1.165) is 11.2 Å². The molecule has 1 amide bonds. The summed E-state index contributed by atoms with van der Waals surface area (Å²) in [6.45, 7) is 0.0415. The Hall–Kier alpha value is -3.62. The van der Waals surface area contributed by atoms with Gasteiger partial charge in [-0.05, 0) is 31.0 Å². The Morgan fingerprint density at radius 1 is 1.20 bits per heavy atom. The summed E-state index contributed by atoms with van der Waals surface area (Å²) < 4.78 is 1.58. The molecule has 1 fully saturated rings. The number of fused-ring (bicyclic) bond motifs is 2. The van der Waals surface area contributed by atoms with Gasteiger partial charge >= 0.3 is 0 Å². The minimum atomic E-state index is -0.207.